The van der Waals surface area contributed by atoms with E-state index in [0.29, 0.717) is 6.54 Å². The molecule has 1 heterocycles. The molecule has 3 nitrogen and oxygen atoms in total. The highest BCUT2D eigenvalue weighted by Gasteiger charge is 2.05. The van der Waals surface area contributed by atoms with Crippen molar-refractivity contribution in [2.75, 3.05) is 24.6 Å². The van der Waals surface area contributed by atoms with Gasteiger partial charge in [-0.3, -0.25) is 4.99 Å². The average Bonchev–Trinajstić information content (AvgIpc) is 2.99. The number of hydrogen-bond acceptors (Lipinski definition) is 5. The Morgan fingerprint density at radius 3 is 3.05 bits per heavy atom. The zero-order valence-electron chi connectivity index (χ0n) is 11.2. The lowest BCUT2D eigenvalue weighted by molar-refractivity contribution is 1.15. The minimum absolute atomic E-state index is 0.670. The number of nitriles is 1. The van der Waals surface area contributed by atoms with Gasteiger partial charge in [0.25, 0.3) is 0 Å². The molecule has 0 bridgehead atoms. The molecule has 5 heteroatoms. The lowest BCUT2D eigenvalue weighted by Gasteiger charge is -2.05. The second kappa shape index (κ2) is 8.15. The number of nitrogens with zero attached hydrogens (tertiary/aromatic N) is 2. The molecule has 1 aromatic rings. The van der Waals surface area contributed by atoms with Crippen LogP contribution in [0.15, 0.2) is 29.3 Å². The molecule has 0 fully saturated rings. The lowest BCUT2D eigenvalue weighted by Crippen LogP contribution is -2.01. The largest absolute Gasteiger partial charge is 0.330 e. The summed E-state index contributed by atoms with van der Waals surface area (Å²) in [5.41, 5.74) is 8.44. The van der Waals surface area contributed by atoms with Gasteiger partial charge in [-0.1, -0.05) is 12.1 Å². The molecule has 0 radical (unpaired) electrons. The summed E-state index contributed by atoms with van der Waals surface area (Å²) in [6, 6.07) is 8.20. The summed E-state index contributed by atoms with van der Waals surface area (Å²) in [4.78, 5) is 4.39. The molecule has 0 aromatic heterocycles. The van der Waals surface area contributed by atoms with Gasteiger partial charge in [-0.2, -0.15) is 17.0 Å². The van der Waals surface area contributed by atoms with Gasteiger partial charge in [0.1, 0.15) is 0 Å². The Morgan fingerprint density at radius 1 is 1.45 bits per heavy atom. The molecule has 0 amide bonds. The molecule has 2 N–H and O–H groups in total. The standard InChI is InChI=1S/C15H17N3S2/c16-5-7-19-11-14-9-12(1-3-13(14)10-17)2-4-15-18-6-8-20-15/h1-4,9H,5-8,11,16H2/b4-2+. The molecular formula is C15H17N3S2. The van der Waals surface area contributed by atoms with Gasteiger partial charge in [0.2, 0.25) is 0 Å². The predicted octanol–water partition coefficient (Wildman–Crippen LogP) is 2.91. The molecule has 0 spiro atoms. The van der Waals surface area contributed by atoms with Gasteiger partial charge in [0.15, 0.2) is 0 Å². The highest BCUT2D eigenvalue weighted by atomic mass is 32.2. The van der Waals surface area contributed by atoms with Crippen molar-refractivity contribution < 1.29 is 0 Å². The van der Waals surface area contributed by atoms with Crippen molar-refractivity contribution in [2.24, 2.45) is 10.7 Å². The molecule has 1 aliphatic heterocycles. The third-order valence-corrected chi connectivity index (χ3v) is 4.78. The fraction of sp³-hybridized carbons (Fsp3) is 0.333. The molecule has 0 saturated heterocycles. The summed E-state index contributed by atoms with van der Waals surface area (Å²) < 4.78 is 0. The van der Waals surface area contributed by atoms with Crippen LogP contribution >= 0.6 is 23.5 Å². The van der Waals surface area contributed by atoms with E-state index in [9.17, 15) is 0 Å². The van der Waals surface area contributed by atoms with Crippen LogP contribution in [0, 0.1) is 11.3 Å². The Kier molecular flexibility index (Phi) is 6.19. The SMILES string of the molecule is N#Cc1ccc(/C=C/C2=NCCS2)cc1CSCCN. The maximum Gasteiger partial charge on any atom is 0.0994 e. The van der Waals surface area contributed by atoms with Crippen LogP contribution < -0.4 is 5.73 Å². The number of aliphatic imine (C=N–C) groups is 1. The monoisotopic (exact) mass is 303 g/mol. The fourth-order valence-electron chi connectivity index (χ4n) is 1.83. The Labute approximate surface area is 128 Å². The third kappa shape index (κ3) is 4.41. The van der Waals surface area contributed by atoms with Crippen LogP contribution in [0.1, 0.15) is 16.7 Å². The number of hydrogen-bond donors (Lipinski definition) is 1. The van der Waals surface area contributed by atoms with Gasteiger partial charge in [-0.15, -0.1) is 11.8 Å². The molecule has 1 aliphatic rings. The van der Waals surface area contributed by atoms with Gasteiger partial charge in [0.05, 0.1) is 16.7 Å². The van der Waals surface area contributed by atoms with E-state index in [1.807, 2.05) is 12.1 Å². The average molecular weight is 303 g/mol. The van der Waals surface area contributed by atoms with E-state index in [1.54, 1.807) is 23.5 Å². The quantitative estimate of drug-likeness (QED) is 0.821. The number of nitrogens with two attached hydrogens (primary N) is 1. The summed E-state index contributed by atoms with van der Waals surface area (Å²) in [6.07, 6.45) is 4.12. The van der Waals surface area contributed by atoms with Crippen LogP contribution in [0.25, 0.3) is 6.08 Å². The predicted molar refractivity (Wildman–Crippen MR) is 90.2 cm³/mol. The van der Waals surface area contributed by atoms with Crippen LogP contribution in [-0.2, 0) is 5.75 Å². The van der Waals surface area contributed by atoms with Crippen molar-refractivity contribution in [1.82, 2.24) is 0 Å². The zero-order valence-corrected chi connectivity index (χ0v) is 12.8. The highest BCUT2D eigenvalue weighted by molar-refractivity contribution is 8.14. The first kappa shape index (κ1) is 15.2. The minimum Gasteiger partial charge on any atom is -0.330 e. The van der Waals surface area contributed by atoms with E-state index in [2.05, 4.69) is 29.3 Å². The van der Waals surface area contributed by atoms with Crippen molar-refractivity contribution >= 4 is 34.6 Å². The lowest BCUT2D eigenvalue weighted by atomic mass is 10.1. The molecule has 0 atom stereocenters. The maximum absolute atomic E-state index is 9.14. The Balaban J connectivity index is 2.10. The van der Waals surface area contributed by atoms with E-state index in [4.69, 9.17) is 11.0 Å². The molecular weight excluding hydrogens is 286 g/mol. The van der Waals surface area contributed by atoms with Crippen molar-refractivity contribution in [2.45, 2.75) is 5.75 Å². The van der Waals surface area contributed by atoms with E-state index in [-0.39, 0.29) is 0 Å². The first-order valence-electron chi connectivity index (χ1n) is 6.49. The topological polar surface area (TPSA) is 62.2 Å². The second-order valence-corrected chi connectivity index (χ2v) is 6.49. The first-order chi connectivity index (χ1) is 9.83. The van der Waals surface area contributed by atoms with Crippen molar-refractivity contribution in [3.63, 3.8) is 0 Å². The molecule has 0 aliphatic carbocycles. The molecule has 0 unspecified atom stereocenters. The minimum atomic E-state index is 0.670. The van der Waals surface area contributed by atoms with Gasteiger partial charge < -0.3 is 5.73 Å². The van der Waals surface area contributed by atoms with E-state index in [0.717, 1.165) is 45.5 Å². The molecule has 2 rings (SSSR count). The molecule has 1 aromatic carbocycles. The first-order valence-corrected chi connectivity index (χ1v) is 8.63. The smallest absolute Gasteiger partial charge is 0.0994 e. The van der Waals surface area contributed by atoms with E-state index in [1.165, 1.54) is 0 Å². The molecule has 104 valence electrons. The van der Waals surface area contributed by atoms with E-state index >= 15 is 0 Å². The zero-order chi connectivity index (χ0) is 14.2. The summed E-state index contributed by atoms with van der Waals surface area (Å²) >= 11 is 3.54. The maximum atomic E-state index is 9.14. The molecule has 20 heavy (non-hydrogen) atoms. The number of benzene rings is 1. The van der Waals surface area contributed by atoms with Crippen molar-refractivity contribution in [1.29, 1.82) is 5.26 Å². The van der Waals surface area contributed by atoms with Gasteiger partial charge in [-0.05, 0) is 29.3 Å². The van der Waals surface area contributed by atoms with Gasteiger partial charge in [-0.25, -0.2) is 0 Å². The van der Waals surface area contributed by atoms with Crippen LogP contribution in [0.4, 0.5) is 0 Å². The Morgan fingerprint density at radius 2 is 2.35 bits per heavy atom. The van der Waals surface area contributed by atoms with E-state index < -0.39 is 0 Å². The fourth-order valence-corrected chi connectivity index (χ4v) is 3.34. The Bertz CT molecular complexity index is 559. The summed E-state index contributed by atoms with van der Waals surface area (Å²) in [5.74, 6) is 2.82. The van der Waals surface area contributed by atoms with Crippen molar-refractivity contribution in [3.05, 3.63) is 41.0 Å². The third-order valence-electron chi connectivity index (χ3n) is 2.80. The molecule has 0 saturated carbocycles. The second-order valence-electron chi connectivity index (χ2n) is 4.27. The highest BCUT2D eigenvalue weighted by Crippen LogP contribution is 2.20. The van der Waals surface area contributed by atoms with Gasteiger partial charge >= 0.3 is 0 Å². The summed E-state index contributed by atoms with van der Waals surface area (Å²) in [6.45, 7) is 1.59. The van der Waals surface area contributed by atoms with Crippen LogP contribution in [0.5, 0.6) is 0 Å². The number of rotatable bonds is 6. The van der Waals surface area contributed by atoms with Crippen LogP contribution in [-0.4, -0.2) is 29.6 Å². The summed E-state index contributed by atoms with van der Waals surface area (Å²) in [5, 5.41) is 10.2. The number of thioether (sulfide) groups is 2. The van der Waals surface area contributed by atoms with Crippen LogP contribution in [0.3, 0.4) is 0 Å². The van der Waals surface area contributed by atoms with Gasteiger partial charge in [0, 0.05) is 30.3 Å². The Hall–Kier alpha value is -1.22. The summed E-state index contributed by atoms with van der Waals surface area (Å²) in [7, 11) is 0. The van der Waals surface area contributed by atoms with Crippen LogP contribution in [0.2, 0.25) is 0 Å². The van der Waals surface area contributed by atoms with Crippen molar-refractivity contribution in [3.8, 4) is 6.07 Å². The normalized spacial score (nSPS) is 14.5.